The Morgan fingerprint density at radius 3 is 2.44 bits per heavy atom. The molecule has 1 aromatic carbocycles. The van der Waals surface area contributed by atoms with E-state index in [9.17, 15) is 9.59 Å². The van der Waals surface area contributed by atoms with Crippen LogP contribution < -0.4 is 5.32 Å². The highest BCUT2D eigenvalue weighted by Crippen LogP contribution is 2.19. The van der Waals surface area contributed by atoms with Gasteiger partial charge in [-0.05, 0) is 31.3 Å². The van der Waals surface area contributed by atoms with Gasteiger partial charge in [0.15, 0.2) is 0 Å². The molecular weight excluding hydrogens is 344 g/mol. The minimum Gasteiger partial charge on any atom is -0.395 e. The van der Waals surface area contributed by atoms with E-state index in [1.807, 2.05) is 23.1 Å². The number of nitrogens with one attached hydrogen (secondary N) is 1. The van der Waals surface area contributed by atoms with E-state index in [1.54, 1.807) is 24.3 Å². The number of likely N-dealkylation sites (N-methyl/N-ethyl adjacent to an activating group) is 1. The number of aliphatic hydroxyl groups excluding tert-OH is 1. The number of carbonyl (C=O) groups is 2. The third-order valence-electron chi connectivity index (χ3n) is 4.60. The fourth-order valence-corrected chi connectivity index (χ4v) is 2.96. The van der Waals surface area contributed by atoms with E-state index in [2.05, 4.69) is 22.2 Å². The maximum Gasteiger partial charge on any atom is 0.269 e. The van der Waals surface area contributed by atoms with E-state index in [0.29, 0.717) is 17.0 Å². The van der Waals surface area contributed by atoms with Crippen molar-refractivity contribution < 1.29 is 14.7 Å². The number of nitrogens with zero attached hydrogens (tertiary/aromatic N) is 3. The highest BCUT2D eigenvalue weighted by molar-refractivity contribution is 5.95. The highest BCUT2D eigenvalue weighted by atomic mass is 16.3. The Kier molecular flexibility index (Phi) is 6.16. The van der Waals surface area contributed by atoms with Crippen molar-refractivity contribution in [2.24, 2.45) is 0 Å². The van der Waals surface area contributed by atoms with Crippen molar-refractivity contribution in [3.63, 3.8) is 0 Å². The number of piperazine rings is 1. The number of amides is 2. The van der Waals surface area contributed by atoms with Crippen molar-refractivity contribution in [3.8, 4) is 11.3 Å². The number of pyridine rings is 1. The first-order chi connectivity index (χ1) is 13.1. The molecule has 0 unspecified atom stereocenters. The Balaban J connectivity index is 1.72. The molecule has 27 heavy (non-hydrogen) atoms. The van der Waals surface area contributed by atoms with Crippen LogP contribution >= 0.6 is 0 Å². The zero-order valence-corrected chi connectivity index (χ0v) is 15.4. The van der Waals surface area contributed by atoms with Crippen LogP contribution in [0.2, 0.25) is 0 Å². The van der Waals surface area contributed by atoms with Gasteiger partial charge >= 0.3 is 0 Å². The van der Waals surface area contributed by atoms with Gasteiger partial charge in [-0.3, -0.25) is 9.59 Å². The number of hydrogen-bond acceptors (Lipinski definition) is 5. The fourth-order valence-electron chi connectivity index (χ4n) is 2.96. The lowest BCUT2D eigenvalue weighted by atomic mass is 10.1. The summed E-state index contributed by atoms with van der Waals surface area (Å²) in [6.45, 7) is 3.33. The van der Waals surface area contributed by atoms with E-state index in [4.69, 9.17) is 5.11 Å². The van der Waals surface area contributed by atoms with Gasteiger partial charge in [-0.1, -0.05) is 18.2 Å². The van der Waals surface area contributed by atoms with Gasteiger partial charge in [-0.25, -0.2) is 4.98 Å². The number of aromatic nitrogens is 1. The quantitative estimate of drug-likeness (QED) is 0.818. The van der Waals surface area contributed by atoms with Crippen LogP contribution in [0.25, 0.3) is 11.3 Å². The third kappa shape index (κ3) is 4.69. The summed E-state index contributed by atoms with van der Waals surface area (Å²) >= 11 is 0. The summed E-state index contributed by atoms with van der Waals surface area (Å²) in [5, 5.41) is 11.4. The van der Waals surface area contributed by atoms with Crippen molar-refractivity contribution in [2.45, 2.75) is 0 Å². The largest absolute Gasteiger partial charge is 0.395 e. The van der Waals surface area contributed by atoms with Crippen LogP contribution in [-0.4, -0.2) is 78.1 Å². The molecule has 0 spiro atoms. The van der Waals surface area contributed by atoms with E-state index >= 15 is 0 Å². The number of carbonyl (C=O) groups excluding carboxylic acids is 2. The second kappa shape index (κ2) is 8.75. The lowest BCUT2D eigenvalue weighted by Crippen LogP contribution is -2.47. The molecule has 3 rings (SSSR count). The maximum atomic E-state index is 12.6. The molecule has 0 aliphatic carbocycles. The Labute approximate surface area is 158 Å². The van der Waals surface area contributed by atoms with Crippen LogP contribution in [-0.2, 0) is 0 Å². The summed E-state index contributed by atoms with van der Waals surface area (Å²) in [6, 6.07) is 12.5. The minimum absolute atomic E-state index is 0.0414. The molecule has 0 atom stereocenters. The summed E-state index contributed by atoms with van der Waals surface area (Å²) in [7, 11) is 2.06. The molecule has 1 aliphatic heterocycles. The highest BCUT2D eigenvalue weighted by Gasteiger charge is 2.20. The summed E-state index contributed by atoms with van der Waals surface area (Å²) in [5.41, 5.74) is 2.44. The smallest absolute Gasteiger partial charge is 0.269 e. The topological polar surface area (TPSA) is 85.8 Å². The van der Waals surface area contributed by atoms with Gasteiger partial charge < -0.3 is 20.2 Å². The fraction of sp³-hybridized carbons (Fsp3) is 0.350. The molecule has 1 saturated heterocycles. The molecular formula is C20H24N4O3. The molecule has 1 aromatic heterocycles. The van der Waals surface area contributed by atoms with Crippen molar-refractivity contribution in [3.05, 3.63) is 53.7 Å². The number of aliphatic hydroxyl groups is 1. The molecule has 2 N–H and O–H groups in total. The normalized spacial score (nSPS) is 14.8. The Hall–Kier alpha value is -2.77. The minimum atomic E-state index is -0.326. The molecule has 0 radical (unpaired) electrons. The van der Waals surface area contributed by atoms with Crippen LogP contribution in [0.4, 0.5) is 0 Å². The van der Waals surface area contributed by atoms with Crippen LogP contribution in [0.3, 0.4) is 0 Å². The number of hydrogen-bond donors (Lipinski definition) is 2. The van der Waals surface area contributed by atoms with Crippen LogP contribution in [0.5, 0.6) is 0 Å². The average Bonchev–Trinajstić information content (AvgIpc) is 2.72. The van der Waals surface area contributed by atoms with Crippen LogP contribution in [0.1, 0.15) is 20.8 Å². The zero-order chi connectivity index (χ0) is 19.2. The zero-order valence-electron chi connectivity index (χ0n) is 15.4. The Morgan fingerprint density at radius 2 is 1.78 bits per heavy atom. The number of rotatable bonds is 5. The van der Waals surface area contributed by atoms with Crippen molar-refractivity contribution in [1.29, 1.82) is 0 Å². The third-order valence-corrected chi connectivity index (χ3v) is 4.60. The van der Waals surface area contributed by atoms with E-state index in [-0.39, 0.29) is 25.0 Å². The lowest BCUT2D eigenvalue weighted by molar-refractivity contribution is 0.0664. The van der Waals surface area contributed by atoms with Crippen molar-refractivity contribution in [2.75, 3.05) is 46.4 Å². The van der Waals surface area contributed by atoms with Gasteiger partial charge in [0.05, 0.1) is 12.3 Å². The van der Waals surface area contributed by atoms with Crippen molar-refractivity contribution in [1.82, 2.24) is 20.1 Å². The summed E-state index contributed by atoms with van der Waals surface area (Å²) in [5.74, 6) is -0.285. The molecule has 7 nitrogen and oxygen atoms in total. The van der Waals surface area contributed by atoms with Gasteiger partial charge in [-0.15, -0.1) is 0 Å². The second-order valence-corrected chi connectivity index (χ2v) is 6.56. The van der Waals surface area contributed by atoms with E-state index in [1.165, 1.54) is 0 Å². The SMILES string of the molecule is CN1CCN(C(=O)c2ccc(-c3cccc(C(=O)NCCO)n3)cc2)CC1. The summed E-state index contributed by atoms with van der Waals surface area (Å²) < 4.78 is 0. The molecule has 142 valence electrons. The van der Waals surface area contributed by atoms with E-state index in [0.717, 1.165) is 31.7 Å². The summed E-state index contributed by atoms with van der Waals surface area (Å²) in [4.78, 5) is 33.1. The van der Waals surface area contributed by atoms with Crippen LogP contribution in [0.15, 0.2) is 42.5 Å². The summed E-state index contributed by atoms with van der Waals surface area (Å²) in [6.07, 6.45) is 0. The van der Waals surface area contributed by atoms with Gasteiger partial charge in [0.25, 0.3) is 11.8 Å². The number of benzene rings is 1. The predicted molar refractivity (Wildman–Crippen MR) is 102 cm³/mol. The molecule has 0 saturated carbocycles. The molecule has 1 fully saturated rings. The predicted octanol–water partition coefficient (Wildman–Crippen LogP) is 0.858. The first-order valence-electron chi connectivity index (χ1n) is 9.03. The second-order valence-electron chi connectivity index (χ2n) is 6.56. The first kappa shape index (κ1) is 19.0. The maximum absolute atomic E-state index is 12.6. The molecule has 0 bridgehead atoms. The lowest BCUT2D eigenvalue weighted by Gasteiger charge is -2.32. The monoisotopic (exact) mass is 368 g/mol. The first-order valence-corrected chi connectivity index (χ1v) is 9.03. The standard InChI is InChI=1S/C20H24N4O3/c1-23-10-12-24(13-11-23)20(27)16-7-5-15(6-8-16)17-3-2-4-18(22-17)19(26)21-9-14-25/h2-8,25H,9-14H2,1H3,(H,21,26). The Morgan fingerprint density at radius 1 is 1.07 bits per heavy atom. The van der Waals surface area contributed by atoms with Crippen molar-refractivity contribution >= 4 is 11.8 Å². The van der Waals surface area contributed by atoms with Gasteiger partial charge in [0.2, 0.25) is 0 Å². The molecule has 7 heteroatoms. The molecule has 2 amide bonds. The van der Waals surface area contributed by atoms with Gasteiger partial charge in [0.1, 0.15) is 5.69 Å². The average molecular weight is 368 g/mol. The van der Waals surface area contributed by atoms with Gasteiger partial charge in [-0.2, -0.15) is 0 Å². The molecule has 2 heterocycles. The molecule has 1 aliphatic rings. The van der Waals surface area contributed by atoms with Gasteiger partial charge in [0, 0.05) is 43.9 Å². The van der Waals surface area contributed by atoms with E-state index < -0.39 is 0 Å². The Bertz CT molecular complexity index is 799. The van der Waals surface area contributed by atoms with Crippen LogP contribution in [0, 0.1) is 0 Å². The molecule has 2 aromatic rings.